The van der Waals surface area contributed by atoms with Gasteiger partial charge in [0.05, 0.1) is 0 Å². The third-order valence-electron chi connectivity index (χ3n) is 2.84. The number of carbonyl (C=O) groups excluding carboxylic acids is 1. The molecule has 0 saturated carbocycles. The number of aliphatic carboxylic acids is 1. The van der Waals surface area contributed by atoms with Crippen molar-refractivity contribution in [1.29, 1.82) is 0 Å². The van der Waals surface area contributed by atoms with E-state index < -0.39 is 18.0 Å². The second-order valence-electron chi connectivity index (χ2n) is 5.07. The number of carboxylic acid groups (broad SMARTS) is 1. The van der Waals surface area contributed by atoms with Gasteiger partial charge >= 0.3 is 12.0 Å². The lowest BCUT2D eigenvalue weighted by atomic mass is 10.1. The zero-order valence-electron chi connectivity index (χ0n) is 11.8. The average Bonchev–Trinajstić information content (AvgIpc) is 2.25. The number of carboxylic acids is 1. The van der Waals surface area contributed by atoms with Crippen molar-refractivity contribution in [3.05, 3.63) is 0 Å². The number of rotatable bonds is 8. The summed E-state index contributed by atoms with van der Waals surface area (Å²) in [6.07, 6.45) is 4.29. The van der Waals surface area contributed by atoms with Crippen LogP contribution in [-0.2, 0) is 4.79 Å². The second-order valence-corrected chi connectivity index (χ2v) is 5.07. The predicted molar refractivity (Wildman–Crippen MR) is 71.5 cm³/mol. The fraction of sp³-hybridized carbons (Fsp3) is 0.846. The first-order valence-electron chi connectivity index (χ1n) is 6.68. The van der Waals surface area contributed by atoms with Crippen LogP contribution in [0.4, 0.5) is 4.79 Å². The number of unbranched alkanes of at least 4 members (excludes halogenated alkanes) is 2. The monoisotopic (exact) mass is 258 g/mol. The van der Waals surface area contributed by atoms with Gasteiger partial charge in [-0.3, -0.25) is 0 Å². The van der Waals surface area contributed by atoms with Crippen molar-refractivity contribution >= 4 is 12.0 Å². The average molecular weight is 258 g/mol. The number of urea groups is 1. The van der Waals surface area contributed by atoms with E-state index in [1.807, 2.05) is 6.92 Å². The van der Waals surface area contributed by atoms with Crippen LogP contribution in [0.3, 0.4) is 0 Å². The van der Waals surface area contributed by atoms with Crippen LogP contribution in [0.5, 0.6) is 0 Å². The maximum absolute atomic E-state index is 11.6. The molecule has 3 N–H and O–H groups in total. The van der Waals surface area contributed by atoms with Gasteiger partial charge in [-0.1, -0.05) is 40.0 Å². The molecule has 0 aliphatic heterocycles. The number of hydrogen-bond acceptors (Lipinski definition) is 2. The van der Waals surface area contributed by atoms with Crippen LogP contribution < -0.4 is 10.6 Å². The molecule has 5 heteroatoms. The molecule has 0 aromatic carbocycles. The lowest BCUT2D eigenvalue weighted by molar-refractivity contribution is -0.140. The Kier molecular flexibility index (Phi) is 8.16. The Balaban J connectivity index is 4.04. The molecule has 0 aromatic rings. The maximum atomic E-state index is 11.6. The summed E-state index contributed by atoms with van der Waals surface area (Å²) < 4.78 is 0. The molecule has 5 nitrogen and oxygen atoms in total. The lowest BCUT2D eigenvalue weighted by Crippen LogP contribution is -2.50. The van der Waals surface area contributed by atoms with E-state index in [0.29, 0.717) is 0 Å². The molecule has 2 amide bonds. The Morgan fingerprint density at radius 1 is 1.11 bits per heavy atom. The molecule has 0 spiro atoms. The Morgan fingerprint density at radius 3 is 2.17 bits per heavy atom. The topological polar surface area (TPSA) is 78.4 Å². The Hall–Kier alpha value is -1.26. The van der Waals surface area contributed by atoms with Crippen molar-refractivity contribution in [3.8, 4) is 0 Å². The van der Waals surface area contributed by atoms with Crippen molar-refractivity contribution in [2.24, 2.45) is 5.92 Å². The molecule has 18 heavy (non-hydrogen) atoms. The molecule has 0 aliphatic rings. The molecule has 0 saturated heterocycles. The fourth-order valence-electron chi connectivity index (χ4n) is 1.69. The molecule has 106 valence electrons. The van der Waals surface area contributed by atoms with Crippen LogP contribution >= 0.6 is 0 Å². The van der Waals surface area contributed by atoms with Crippen LogP contribution in [0, 0.1) is 5.92 Å². The summed E-state index contributed by atoms with van der Waals surface area (Å²) in [5.74, 6) is -1.14. The molecule has 0 aliphatic carbocycles. The Bertz CT molecular complexity index is 267. The van der Waals surface area contributed by atoms with Gasteiger partial charge in [0.2, 0.25) is 0 Å². The first kappa shape index (κ1) is 16.7. The first-order valence-corrected chi connectivity index (χ1v) is 6.68. The third kappa shape index (κ3) is 7.14. The second kappa shape index (κ2) is 8.78. The van der Waals surface area contributed by atoms with Crippen molar-refractivity contribution in [1.82, 2.24) is 10.6 Å². The van der Waals surface area contributed by atoms with Gasteiger partial charge in [0.25, 0.3) is 0 Å². The van der Waals surface area contributed by atoms with Crippen LogP contribution in [0.25, 0.3) is 0 Å². The van der Waals surface area contributed by atoms with Crippen LogP contribution in [-0.4, -0.2) is 29.2 Å². The summed E-state index contributed by atoms with van der Waals surface area (Å²) in [4.78, 5) is 22.6. The minimum atomic E-state index is -1.00. The third-order valence-corrected chi connectivity index (χ3v) is 2.84. The first-order chi connectivity index (χ1) is 8.38. The van der Waals surface area contributed by atoms with E-state index in [4.69, 9.17) is 5.11 Å². The highest BCUT2D eigenvalue weighted by Crippen LogP contribution is 2.04. The molecular formula is C13H26N2O3. The van der Waals surface area contributed by atoms with Gasteiger partial charge in [-0.15, -0.1) is 0 Å². The number of hydrogen-bond donors (Lipinski definition) is 3. The summed E-state index contributed by atoms with van der Waals surface area (Å²) in [5, 5.41) is 14.2. The minimum Gasteiger partial charge on any atom is -0.480 e. The van der Waals surface area contributed by atoms with E-state index in [9.17, 15) is 9.59 Å². The van der Waals surface area contributed by atoms with Gasteiger partial charge in [-0.25, -0.2) is 9.59 Å². The molecule has 0 fully saturated rings. The van der Waals surface area contributed by atoms with Gasteiger partial charge < -0.3 is 15.7 Å². The van der Waals surface area contributed by atoms with Crippen molar-refractivity contribution < 1.29 is 14.7 Å². The van der Waals surface area contributed by atoms with Gasteiger partial charge in [-0.2, -0.15) is 0 Å². The van der Waals surface area contributed by atoms with Gasteiger partial charge in [0.15, 0.2) is 0 Å². The van der Waals surface area contributed by atoms with E-state index >= 15 is 0 Å². The van der Waals surface area contributed by atoms with Crippen molar-refractivity contribution in [3.63, 3.8) is 0 Å². The van der Waals surface area contributed by atoms with E-state index in [1.54, 1.807) is 13.8 Å². The minimum absolute atomic E-state index is 0.0677. The van der Waals surface area contributed by atoms with Crippen LogP contribution in [0.1, 0.15) is 53.4 Å². The van der Waals surface area contributed by atoms with E-state index in [1.165, 1.54) is 0 Å². The normalized spacial score (nSPS) is 14.1. The number of amides is 2. The van der Waals surface area contributed by atoms with E-state index in [2.05, 4.69) is 17.6 Å². The van der Waals surface area contributed by atoms with Gasteiger partial charge in [0.1, 0.15) is 6.04 Å². The molecular weight excluding hydrogens is 232 g/mol. The van der Waals surface area contributed by atoms with E-state index in [-0.39, 0.29) is 12.0 Å². The van der Waals surface area contributed by atoms with E-state index in [0.717, 1.165) is 25.7 Å². The predicted octanol–water partition coefficient (Wildman–Crippen LogP) is 2.36. The summed E-state index contributed by atoms with van der Waals surface area (Å²) in [5.41, 5.74) is 0. The zero-order valence-corrected chi connectivity index (χ0v) is 11.8. The standard InChI is InChI=1S/C13H26N2O3/c1-5-6-7-8-10(4)14-13(18)15-11(9(2)3)12(16)17/h9-11H,5-8H2,1-4H3,(H,16,17)(H2,14,15,18)/t10-,11-/m1/s1. The molecule has 2 atom stereocenters. The zero-order chi connectivity index (χ0) is 14.1. The van der Waals surface area contributed by atoms with Crippen LogP contribution in [0.2, 0.25) is 0 Å². The molecule has 0 bridgehead atoms. The summed E-state index contributed by atoms with van der Waals surface area (Å²) >= 11 is 0. The Labute approximate surface area is 109 Å². The van der Waals surface area contributed by atoms with Gasteiger partial charge in [-0.05, 0) is 19.3 Å². The number of carbonyl (C=O) groups is 2. The van der Waals surface area contributed by atoms with Crippen molar-refractivity contribution in [2.75, 3.05) is 0 Å². The van der Waals surface area contributed by atoms with Crippen molar-refractivity contribution in [2.45, 2.75) is 65.5 Å². The number of nitrogens with one attached hydrogen (secondary N) is 2. The molecule has 0 unspecified atom stereocenters. The maximum Gasteiger partial charge on any atom is 0.326 e. The summed E-state index contributed by atoms with van der Waals surface area (Å²) in [6.45, 7) is 7.60. The largest absolute Gasteiger partial charge is 0.480 e. The highest BCUT2D eigenvalue weighted by atomic mass is 16.4. The lowest BCUT2D eigenvalue weighted by Gasteiger charge is -2.20. The smallest absolute Gasteiger partial charge is 0.326 e. The Morgan fingerprint density at radius 2 is 1.72 bits per heavy atom. The SMILES string of the molecule is CCCCC[C@@H](C)NC(=O)N[C@@H](C(=O)O)C(C)C. The molecule has 0 heterocycles. The molecule has 0 aromatic heterocycles. The van der Waals surface area contributed by atoms with Gasteiger partial charge in [0, 0.05) is 6.04 Å². The fourth-order valence-corrected chi connectivity index (χ4v) is 1.69. The summed E-state index contributed by atoms with van der Waals surface area (Å²) in [6, 6.07) is -1.17. The highest BCUT2D eigenvalue weighted by Gasteiger charge is 2.23. The molecule has 0 rings (SSSR count). The summed E-state index contributed by atoms with van der Waals surface area (Å²) in [7, 11) is 0. The highest BCUT2D eigenvalue weighted by molar-refractivity contribution is 5.82. The van der Waals surface area contributed by atoms with Crippen LogP contribution in [0.15, 0.2) is 0 Å². The molecule has 0 radical (unpaired) electrons. The quantitative estimate of drug-likeness (QED) is 0.585.